The van der Waals surface area contributed by atoms with Crippen LogP contribution in [0, 0.1) is 0 Å². The van der Waals surface area contributed by atoms with Crippen molar-refractivity contribution in [2.75, 3.05) is 86.4 Å². The molecule has 1 atom stereocenters. The summed E-state index contributed by atoms with van der Waals surface area (Å²) in [6, 6.07) is 16.2. The zero-order valence-corrected chi connectivity index (χ0v) is 30.0. The fraction of sp³-hybridized carbons (Fsp3) is 0.361. The van der Waals surface area contributed by atoms with Crippen LogP contribution in [0.15, 0.2) is 71.8 Å². The van der Waals surface area contributed by atoms with Gasteiger partial charge in [-0.3, -0.25) is 29.4 Å². The molecule has 3 aliphatic heterocycles. The van der Waals surface area contributed by atoms with Crippen molar-refractivity contribution in [2.24, 2.45) is 0 Å². The number of nitrogens with zero attached hydrogens (tertiary/aromatic N) is 8. The van der Waals surface area contributed by atoms with Crippen molar-refractivity contribution >= 4 is 63.8 Å². The number of rotatable bonds is 10. The molecule has 0 aliphatic carbocycles. The third kappa shape index (κ3) is 8.34. The summed E-state index contributed by atoms with van der Waals surface area (Å²) in [5.41, 5.74) is 2.82. The Bertz CT molecular complexity index is 2030. The molecule has 3 saturated heterocycles. The second-order valence-corrected chi connectivity index (χ2v) is 13.4. The number of piperidine rings is 1. The molecule has 2 aromatic carbocycles. The second-order valence-electron chi connectivity index (χ2n) is 13.0. The first-order valence-corrected chi connectivity index (χ1v) is 17.8. The van der Waals surface area contributed by atoms with Gasteiger partial charge in [-0.1, -0.05) is 29.8 Å². The van der Waals surface area contributed by atoms with Crippen molar-refractivity contribution in [3.63, 3.8) is 0 Å². The number of hydrogen-bond donors (Lipinski definition) is 3. The van der Waals surface area contributed by atoms with Crippen molar-refractivity contribution in [2.45, 2.75) is 18.9 Å². The normalized spacial score (nSPS) is 18.1. The number of piperazine rings is 2. The first kappa shape index (κ1) is 35.7. The summed E-state index contributed by atoms with van der Waals surface area (Å²) in [4.78, 5) is 67.0. The van der Waals surface area contributed by atoms with Gasteiger partial charge in [0.15, 0.2) is 5.82 Å². The molecular formula is C36H40ClN11O5. The zero-order valence-electron chi connectivity index (χ0n) is 29.2. The van der Waals surface area contributed by atoms with Crippen LogP contribution in [0.2, 0.25) is 5.02 Å². The smallest absolute Gasteiger partial charge is 0.269 e. The van der Waals surface area contributed by atoms with Crippen molar-refractivity contribution < 1.29 is 19.1 Å². The average molecular weight is 742 g/mol. The van der Waals surface area contributed by atoms with Crippen LogP contribution in [-0.4, -0.2) is 113 Å². The number of carbonyl (C=O) groups is 3. The van der Waals surface area contributed by atoms with Gasteiger partial charge >= 0.3 is 0 Å². The van der Waals surface area contributed by atoms with E-state index in [9.17, 15) is 19.2 Å². The zero-order chi connectivity index (χ0) is 36.9. The van der Waals surface area contributed by atoms with E-state index in [-0.39, 0.29) is 24.7 Å². The molecule has 0 bridgehead atoms. The summed E-state index contributed by atoms with van der Waals surface area (Å²) in [6.07, 6.45) is 3.54. The lowest BCUT2D eigenvalue weighted by atomic mass is 10.1. The Balaban J connectivity index is 0.886. The predicted octanol–water partition coefficient (Wildman–Crippen LogP) is 2.63. The van der Waals surface area contributed by atoms with E-state index in [1.54, 1.807) is 19.5 Å². The van der Waals surface area contributed by atoms with E-state index in [2.05, 4.69) is 45.7 Å². The number of anilines is 6. The summed E-state index contributed by atoms with van der Waals surface area (Å²) in [7, 11) is 1.61. The molecule has 7 rings (SSSR count). The van der Waals surface area contributed by atoms with Gasteiger partial charge in [-0.05, 0) is 30.7 Å². The molecular weight excluding hydrogens is 702 g/mol. The lowest BCUT2D eigenvalue weighted by Crippen LogP contribution is -2.54. The third-order valence-electron chi connectivity index (χ3n) is 9.62. The van der Waals surface area contributed by atoms with E-state index in [0.29, 0.717) is 92.8 Å². The summed E-state index contributed by atoms with van der Waals surface area (Å²) in [5.74, 6) is 0.705. The van der Waals surface area contributed by atoms with Crippen LogP contribution in [-0.2, 0) is 14.4 Å². The van der Waals surface area contributed by atoms with Gasteiger partial charge in [-0.25, -0.2) is 9.67 Å². The van der Waals surface area contributed by atoms with Crippen LogP contribution < -0.4 is 36.0 Å². The van der Waals surface area contributed by atoms with Gasteiger partial charge in [-0.2, -0.15) is 10.1 Å². The molecule has 3 N–H and O–H groups in total. The van der Waals surface area contributed by atoms with Gasteiger partial charge in [0.05, 0.1) is 37.4 Å². The van der Waals surface area contributed by atoms with Gasteiger partial charge < -0.3 is 30.1 Å². The van der Waals surface area contributed by atoms with Crippen LogP contribution in [0.25, 0.3) is 0 Å². The molecule has 2 aromatic heterocycles. The van der Waals surface area contributed by atoms with Gasteiger partial charge in [0.1, 0.15) is 16.8 Å². The van der Waals surface area contributed by atoms with Crippen LogP contribution >= 0.6 is 11.6 Å². The number of hydrogen-bond acceptors (Lipinski definition) is 13. The number of methoxy groups -OCH3 is 1. The standard InChI is InChI=1S/C36H40ClN11O5/c1-53-30-19-25(7-8-28(30)41-36-38-22-27(37)34(43-36)40-24-5-3-2-4-6-24)45-15-17-47(18-16-45)33(51)23-44-11-13-46(14-12-44)26-20-32(50)48(39-21-26)29-9-10-31(49)42-35(29)52/h2-8,19-22,29H,9-18,23H2,1H3,(H,42,49,52)(H2,38,40,41,43). The number of ether oxygens (including phenoxy) is 1. The molecule has 3 amide bonds. The minimum absolute atomic E-state index is 0.0906. The van der Waals surface area contributed by atoms with Crippen molar-refractivity contribution in [3.05, 3.63) is 82.4 Å². The van der Waals surface area contributed by atoms with E-state index >= 15 is 0 Å². The maximum atomic E-state index is 13.3. The van der Waals surface area contributed by atoms with Gasteiger partial charge in [0, 0.05) is 82.3 Å². The number of para-hydroxylation sites is 1. The summed E-state index contributed by atoms with van der Waals surface area (Å²) >= 11 is 6.35. The van der Waals surface area contributed by atoms with Crippen LogP contribution in [0.4, 0.5) is 34.5 Å². The van der Waals surface area contributed by atoms with Gasteiger partial charge in [0.2, 0.25) is 17.8 Å². The average Bonchev–Trinajstić information content (AvgIpc) is 3.17. The Kier molecular flexibility index (Phi) is 10.7. The van der Waals surface area contributed by atoms with Crippen LogP contribution in [0.5, 0.6) is 5.75 Å². The number of halogens is 1. The molecule has 0 saturated carbocycles. The quantitative estimate of drug-likeness (QED) is 0.203. The Labute approximate surface area is 310 Å². The van der Waals surface area contributed by atoms with Crippen molar-refractivity contribution in [1.82, 2.24) is 34.9 Å². The number of nitrogens with one attached hydrogen (secondary N) is 3. The highest BCUT2D eigenvalue weighted by Gasteiger charge is 2.30. The Morgan fingerprint density at radius 2 is 1.64 bits per heavy atom. The highest BCUT2D eigenvalue weighted by Crippen LogP contribution is 2.33. The van der Waals surface area contributed by atoms with Crippen LogP contribution in [0.3, 0.4) is 0 Å². The SMILES string of the molecule is COc1cc(N2CCN(C(=O)CN3CCN(c4cnn(C5CCC(=O)NC5=O)c(=O)c4)CC3)CC2)ccc1Nc1ncc(Cl)c(Nc2ccccc2)n1. The molecule has 53 heavy (non-hydrogen) atoms. The van der Waals surface area contributed by atoms with E-state index in [4.69, 9.17) is 16.3 Å². The lowest BCUT2D eigenvalue weighted by Gasteiger charge is -2.39. The van der Waals surface area contributed by atoms with Crippen molar-refractivity contribution in [3.8, 4) is 5.75 Å². The number of carbonyl (C=O) groups excluding carboxylic acids is 3. The first-order chi connectivity index (χ1) is 25.7. The summed E-state index contributed by atoms with van der Waals surface area (Å²) in [5, 5.41) is 13.4. The number of aromatic nitrogens is 4. The molecule has 17 heteroatoms. The minimum atomic E-state index is -0.793. The largest absolute Gasteiger partial charge is 0.494 e. The van der Waals surface area contributed by atoms with E-state index in [1.807, 2.05) is 53.4 Å². The summed E-state index contributed by atoms with van der Waals surface area (Å²) < 4.78 is 6.86. The van der Waals surface area contributed by atoms with Crippen molar-refractivity contribution in [1.29, 1.82) is 0 Å². The second kappa shape index (κ2) is 15.9. The Morgan fingerprint density at radius 3 is 2.36 bits per heavy atom. The maximum Gasteiger partial charge on any atom is 0.269 e. The molecule has 16 nitrogen and oxygen atoms in total. The monoisotopic (exact) mass is 741 g/mol. The summed E-state index contributed by atoms with van der Waals surface area (Å²) in [6.45, 7) is 5.48. The van der Waals surface area contributed by atoms with E-state index in [0.717, 1.165) is 16.1 Å². The van der Waals surface area contributed by atoms with Gasteiger partial charge in [0.25, 0.3) is 11.5 Å². The third-order valence-corrected chi connectivity index (χ3v) is 9.90. The molecule has 4 aromatic rings. The Hall–Kier alpha value is -5.74. The number of imide groups is 1. The molecule has 3 fully saturated rings. The molecule has 3 aliphatic rings. The molecule has 0 spiro atoms. The minimum Gasteiger partial charge on any atom is -0.494 e. The topological polar surface area (TPSA) is 170 Å². The fourth-order valence-corrected chi connectivity index (χ4v) is 6.81. The fourth-order valence-electron chi connectivity index (χ4n) is 6.67. The Morgan fingerprint density at radius 1 is 0.906 bits per heavy atom. The molecule has 1 unspecified atom stereocenters. The molecule has 276 valence electrons. The number of amides is 3. The highest BCUT2D eigenvalue weighted by atomic mass is 35.5. The highest BCUT2D eigenvalue weighted by molar-refractivity contribution is 6.32. The van der Waals surface area contributed by atoms with E-state index in [1.165, 1.54) is 6.07 Å². The molecule has 5 heterocycles. The van der Waals surface area contributed by atoms with E-state index < -0.39 is 17.5 Å². The lowest BCUT2D eigenvalue weighted by molar-refractivity contribution is -0.136. The van der Waals surface area contributed by atoms with Crippen LogP contribution in [0.1, 0.15) is 18.9 Å². The first-order valence-electron chi connectivity index (χ1n) is 17.5. The number of benzene rings is 2. The van der Waals surface area contributed by atoms with Gasteiger partial charge in [-0.15, -0.1) is 0 Å². The molecule has 0 radical (unpaired) electrons. The maximum absolute atomic E-state index is 13.3. The predicted molar refractivity (Wildman–Crippen MR) is 200 cm³/mol.